The van der Waals surface area contributed by atoms with Gasteiger partial charge in [-0.05, 0) is 33.0 Å². The molecule has 1 N–H and O–H groups in total. The Morgan fingerprint density at radius 1 is 1.04 bits per heavy atom. The fraction of sp³-hybridized carbons (Fsp3) is 0.222. The fourth-order valence-corrected chi connectivity index (χ4v) is 2.37. The lowest BCUT2D eigenvalue weighted by Crippen LogP contribution is -1.90. The van der Waals surface area contributed by atoms with Gasteiger partial charge in [0.2, 0.25) is 0 Å². The van der Waals surface area contributed by atoms with Crippen molar-refractivity contribution in [2.75, 3.05) is 0 Å². The highest BCUT2D eigenvalue weighted by atomic mass is 15.5. The van der Waals surface area contributed by atoms with E-state index in [1.165, 1.54) is 5.56 Å². The molecule has 0 spiro atoms. The van der Waals surface area contributed by atoms with E-state index in [4.69, 9.17) is 0 Å². The van der Waals surface area contributed by atoms with Gasteiger partial charge < -0.3 is 0 Å². The van der Waals surface area contributed by atoms with Gasteiger partial charge in [0.05, 0.1) is 6.54 Å². The Hall–Kier alpha value is -2.82. The average Bonchev–Trinajstić information content (AvgIpc) is 3.10. The zero-order valence-corrected chi connectivity index (χ0v) is 13.3. The summed E-state index contributed by atoms with van der Waals surface area (Å²) in [5.74, 6) is 1.16. The first-order valence-electron chi connectivity index (χ1n) is 7.66. The Labute approximate surface area is 135 Å². The SMILES string of the molecule is CC(C)/C=N/Cc1ccc(-c2ccccc2-c2nnn[nH]2)cc1. The highest BCUT2D eigenvalue weighted by molar-refractivity contribution is 5.80. The average molecular weight is 305 g/mol. The summed E-state index contributed by atoms with van der Waals surface area (Å²) in [6.45, 7) is 4.97. The molecule has 0 saturated heterocycles. The molecule has 1 heterocycles. The number of hydrogen-bond acceptors (Lipinski definition) is 4. The molecule has 0 aliphatic heterocycles. The highest BCUT2D eigenvalue weighted by Gasteiger charge is 2.09. The predicted octanol–water partition coefficient (Wildman–Crippen LogP) is 3.76. The van der Waals surface area contributed by atoms with Crippen LogP contribution in [-0.4, -0.2) is 26.8 Å². The molecule has 0 bridgehead atoms. The van der Waals surface area contributed by atoms with Crippen LogP contribution in [-0.2, 0) is 6.54 Å². The molecular weight excluding hydrogens is 286 g/mol. The van der Waals surface area contributed by atoms with Crippen LogP contribution in [0, 0.1) is 5.92 Å². The number of nitrogens with one attached hydrogen (secondary N) is 1. The minimum Gasteiger partial charge on any atom is -0.293 e. The van der Waals surface area contributed by atoms with Crippen molar-refractivity contribution in [1.82, 2.24) is 20.6 Å². The normalized spacial score (nSPS) is 11.4. The van der Waals surface area contributed by atoms with E-state index in [0.717, 1.165) is 16.7 Å². The third-order valence-electron chi connectivity index (χ3n) is 3.47. The summed E-state index contributed by atoms with van der Waals surface area (Å²) in [5, 5.41) is 14.2. The van der Waals surface area contributed by atoms with E-state index < -0.39 is 0 Å². The standard InChI is InChI=1S/C18H19N5/c1-13(2)11-19-12-14-7-9-15(10-8-14)16-5-3-4-6-17(16)18-20-22-23-21-18/h3-11,13H,12H2,1-2H3,(H,20,21,22,23)/b19-11+. The van der Waals surface area contributed by atoms with Crippen molar-refractivity contribution in [3.05, 3.63) is 54.1 Å². The quantitative estimate of drug-likeness (QED) is 0.730. The van der Waals surface area contributed by atoms with Gasteiger partial charge in [0.1, 0.15) is 0 Å². The van der Waals surface area contributed by atoms with Gasteiger partial charge in [0, 0.05) is 11.8 Å². The van der Waals surface area contributed by atoms with Gasteiger partial charge in [0.25, 0.3) is 0 Å². The molecule has 0 amide bonds. The molecule has 5 heteroatoms. The molecule has 0 fully saturated rings. The van der Waals surface area contributed by atoms with Crippen LogP contribution < -0.4 is 0 Å². The lowest BCUT2D eigenvalue weighted by Gasteiger charge is -2.07. The van der Waals surface area contributed by atoms with Gasteiger partial charge in [-0.15, -0.1) is 5.10 Å². The second-order valence-electron chi connectivity index (χ2n) is 5.73. The van der Waals surface area contributed by atoms with E-state index >= 15 is 0 Å². The van der Waals surface area contributed by atoms with Gasteiger partial charge in [-0.1, -0.05) is 62.4 Å². The maximum atomic E-state index is 4.45. The highest BCUT2D eigenvalue weighted by Crippen LogP contribution is 2.29. The number of H-pyrrole nitrogens is 1. The number of nitrogens with zero attached hydrogens (tertiary/aromatic N) is 4. The number of aliphatic imine (C=N–C) groups is 1. The molecule has 0 saturated carbocycles. The van der Waals surface area contributed by atoms with Crippen molar-refractivity contribution >= 4 is 6.21 Å². The summed E-state index contributed by atoms with van der Waals surface area (Å²) in [7, 11) is 0. The Balaban J connectivity index is 1.86. The van der Waals surface area contributed by atoms with Crippen molar-refractivity contribution < 1.29 is 0 Å². The van der Waals surface area contributed by atoms with Crippen molar-refractivity contribution in [3.63, 3.8) is 0 Å². The molecule has 3 aromatic rings. The maximum Gasteiger partial charge on any atom is 0.180 e. The van der Waals surface area contributed by atoms with Crippen LogP contribution in [0.15, 0.2) is 53.5 Å². The molecular formula is C18H19N5. The summed E-state index contributed by atoms with van der Waals surface area (Å²) >= 11 is 0. The molecule has 0 aliphatic carbocycles. The summed E-state index contributed by atoms with van der Waals surface area (Å²) in [6.07, 6.45) is 1.99. The monoisotopic (exact) mass is 305 g/mol. The van der Waals surface area contributed by atoms with Crippen LogP contribution in [0.25, 0.3) is 22.5 Å². The predicted molar refractivity (Wildman–Crippen MR) is 92.1 cm³/mol. The van der Waals surface area contributed by atoms with E-state index in [1.54, 1.807) is 0 Å². The third-order valence-corrected chi connectivity index (χ3v) is 3.47. The van der Waals surface area contributed by atoms with Crippen molar-refractivity contribution in [1.29, 1.82) is 0 Å². The van der Waals surface area contributed by atoms with Crippen LogP contribution in [0.1, 0.15) is 19.4 Å². The molecule has 0 aliphatic rings. The number of tetrazole rings is 1. The van der Waals surface area contributed by atoms with E-state index in [0.29, 0.717) is 18.3 Å². The van der Waals surface area contributed by atoms with Crippen LogP contribution in [0.2, 0.25) is 0 Å². The Morgan fingerprint density at radius 2 is 1.78 bits per heavy atom. The van der Waals surface area contributed by atoms with Gasteiger partial charge in [-0.2, -0.15) is 0 Å². The minimum atomic E-state index is 0.483. The number of rotatable bonds is 5. The number of benzene rings is 2. The Kier molecular flexibility index (Phi) is 4.57. The zero-order chi connectivity index (χ0) is 16.1. The molecule has 3 rings (SSSR count). The van der Waals surface area contributed by atoms with Crippen molar-refractivity contribution in [3.8, 4) is 22.5 Å². The minimum absolute atomic E-state index is 0.483. The topological polar surface area (TPSA) is 66.8 Å². The van der Waals surface area contributed by atoms with Crippen LogP contribution in [0.5, 0.6) is 0 Å². The van der Waals surface area contributed by atoms with E-state index in [9.17, 15) is 0 Å². The van der Waals surface area contributed by atoms with Crippen LogP contribution in [0.3, 0.4) is 0 Å². The molecule has 116 valence electrons. The maximum absolute atomic E-state index is 4.45. The molecule has 2 aromatic carbocycles. The molecule has 0 unspecified atom stereocenters. The van der Waals surface area contributed by atoms with Crippen molar-refractivity contribution in [2.24, 2.45) is 10.9 Å². The van der Waals surface area contributed by atoms with E-state index in [2.05, 4.69) is 69.8 Å². The van der Waals surface area contributed by atoms with Gasteiger partial charge in [0.15, 0.2) is 5.82 Å². The summed E-state index contributed by atoms with van der Waals surface area (Å²) in [5.41, 5.74) is 4.42. The smallest absolute Gasteiger partial charge is 0.180 e. The molecule has 23 heavy (non-hydrogen) atoms. The first-order valence-corrected chi connectivity index (χ1v) is 7.66. The molecule has 0 radical (unpaired) electrons. The number of aromatic nitrogens is 4. The van der Waals surface area contributed by atoms with Gasteiger partial charge in [-0.3, -0.25) is 4.99 Å². The van der Waals surface area contributed by atoms with E-state index in [-0.39, 0.29) is 0 Å². The van der Waals surface area contributed by atoms with Crippen molar-refractivity contribution in [2.45, 2.75) is 20.4 Å². The molecule has 1 aromatic heterocycles. The first-order chi connectivity index (χ1) is 11.2. The van der Waals surface area contributed by atoms with Gasteiger partial charge >= 0.3 is 0 Å². The number of aromatic amines is 1. The molecule has 5 nitrogen and oxygen atoms in total. The summed E-state index contributed by atoms with van der Waals surface area (Å²) in [4.78, 5) is 4.45. The fourth-order valence-electron chi connectivity index (χ4n) is 2.37. The second-order valence-corrected chi connectivity index (χ2v) is 5.73. The van der Waals surface area contributed by atoms with Gasteiger partial charge in [-0.25, -0.2) is 5.10 Å². The Bertz CT molecular complexity index is 773. The second kappa shape index (κ2) is 6.96. The zero-order valence-electron chi connectivity index (χ0n) is 13.3. The lowest BCUT2D eigenvalue weighted by molar-refractivity contribution is 0.881. The number of hydrogen-bond donors (Lipinski definition) is 1. The molecule has 0 atom stereocenters. The van der Waals surface area contributed by atoms with Crippen LogP contribution in [0.4, 0.5) is 0 Å². The van der Waals surface area contributed by atoms with E-state index in [1.807, 2.05) is 24.4 Å². The largest absolute Gasteiger partial charge is 0.293 e. The summed E-state index contributed by atoms with van der Waals surface area (Å²) in [6, 6.07) is 16.5. The Morgan fingerprint density at radius 3 is 2.43 bits per heavy atom. The lowest BCUT2D eigenvalue weighted by atomic mass is 9.98. The summed E-state index contributed by atoms with van der Waals surface area (Å²) < 4.78 is 0. The van der Waals surface area contributed by atoms with Crippen LogP contribution >= 0.6 is 0 Å². The third kappa shape index (κ3) is 3.69. The first kappa shape index (κ1) is 15.1.